The first-order chi connectivity index (χ1) is 10.0. The first-order valence-corrected chi connectivity index (χ1v) is 8.22. The van der Waals surface area contributed by atoms with Gasteiger partial charge in [0.15, 0.2) is 0 Å². The molecular weight excluding hydrogens is 308 g/mol. The van der Waals surface area contributed by atoms with Crippen molar-refractivity contribution in [2.24, 2.45) is 0 Å². The Morgan fingerprint density at radius 1 is 1.05 bits per heavy atom. The molecule has 3 aromatic rings. The van der Waals surface area contributed by atoms with Crippen LogP contribution in [0, 0.1) is 0 Å². The van der Waals surface area contributed by atoms with Crippen LogP contribution in [0.2, 0.25) is 5.02 Å². The maximum Gasteiger partial charge on any atom is 0.240 e. The molecule has 2 N–H and O–H groups in total. The molecule has 0 aliphatic rings. The van der Waals surface area contributed by atoms with Crippen LogP contribution in [-0.2, 0) is 16.6 Å². The van der Waals surface area contributed by atoms with E-state index in [0.29, 0.717) is 5.02 Å². The molecule has 0 spiro atoms. The molecule has 0 aliphatic carbocycles. The first kappa shape index (κ1) is 14.1. The van der Waals surface area contributed by atoms with Gasteiger partial charge in [0.2, 0.25) is 10.0 Å². The van der Waals surface area contributed by atoms with Gasteiger partial charge in [0, 0.05) is 23.3 Å². The highest BCUT2D eigenvalue weighted by Gasteiger charge is 2.13. The lowest BCUT2D eigenvalue weighted by molar-refractivity contribution is 0.581. The molecule has 6 heteroatoms. The van der Waals surface area contributed by atoms with Crippen molar-refractivity contribution >= 4 is 32.5 Å². The zero-order chi connectivity index (χ0) is 14.9. The highest BCUT2D eigenvalue weighted by Crippen LogP contribution is 2.16. The third kappa shape index (κ3) is 3.10. The van der Waals surface area contributed by atoms with Gasteiger partial charge < -0.3 is 4.98 Å². The van der Waals surface area contributed by atoms with Crippen molar-refractivity contribution in [3.8, 4) is 0 Å². The first-order valence-electron chi connectivity index (χ1n) is 6.36. The van der Waals surface area contributed by atoms with E-state index in [1.165, 1.54) is 12.1 Å². The van der Waals surface area contributed by atoms with Gasteiger partial charge >= 0.3 is 0 Å². The van der Waals surface area contributed by atoms with Crippen LogP contribution in [0.5, 0.6) is 0 Å². The van der Waals surface area contributed by atoms with Crippen LogP contribution in [0.25, 0.3) is 10.9 Å². The monoisotopic (exact) mass is 320 g/mol. The van der Waals surface area contributed by atoms with E-state index in [1.54, 1.807) is 12.1 Å². The summed E-state index contributed by atoms with van der Waals surface area (Å²) in [7, 11) is -3.53. The molecule has 0 fully saturated rings. The largest absolute Gasteiger partial charge is 0.361 e. The van der Waals surface area contributed by atoms with E-state index in [0.717, 1.165) is 16.5 Å². The molecule has 108 valence electrons. The van der Waals surface area contributed by atoms with Crippen LogP contribution in [0.1, 0.15) is 5.56 Å². The van der Waals surface area contributed by atoms with E-state index >= 15 is 0 Å². The van der Waals surface area contributed by atoms with Gasteiger partial charge in [-0.25, -0.2) is 13.1 Å². The number of rotatable bonds is 4. The molecule has 0 radical (unpaired) electrons. The number of benzene rings is 2. The Labute approximate surface area is 127 Å². The summed E-state index contributed by atoms with van der Waals surface area (Å²) in [6, 6.07) is 13.8. The summed E-state index contributed by atoms with van der Waals surface area (Å²) in [5.41, 5.74) is 1.88. The Kier molecular flexibility index (Phi) is 3.71. The molecule has 3 rings (SSSR count). The van der Waals surface area contributed by atoms with Crippen LogP contribution >= 0.6 is 11.6 Å². The number of hydrogen-bond donors (Lipinski definition) is 2. The predicted molar refractivity (Wildman–Crippen MR) is 83.8 cm³/mol. The normalized spacial score (nSPS) is 11.9. The van der Waals surface area contributed by atoms with Crippen molar-refractivity contribution in [3.63, 3.8) is 0 Å². The third-order valence-corrected chi connectivity index (χ3v) is 4.88. The van der Waals surface area contributed by atoms with E-state index in [1.807, 2.05) is 30.5 Å². The number of H-pyrrole nitrogens is 1. The van der Waals surface area contributed by atoms with Gasteiger partial charge in [0.05, 0.1) is 4.90 Å². The van der Waals surface area contributed by atoms with Gasteiger partial charge in [0.25, 0.3) is 0 Å². The Hall–Kier alpha value is -1.82. The maximum absolute atomic E-state index is 12.2. The molecule has 21 heavy (non-hydrogen) atoms. The molecule has 0 saturated carbocycles. The lowest BCUT2D eigenvalue weighted by atomic mass is 10.2. The molecule has 1 heterocycles. The Bertz CT molecular complexity index is 870. The van der Waals surface area contributed by atoms with E-state index in [2.05, 4.69) is 9.71 Å². The average Bonchev–Trinajstić information content (AvgIpc) is 2.93. The second-order valence-corrected chi connectivity index (χ2v) is 6.88. The minimum Gasteiger partial charge on any atom is -0.361 e. The number of sulfonamides is 1. The quantitative estimate of drug-likeness (QED) is 0.774. The Morgan fingerprint density at radius 3 is 2.57 bits per heavy atom. The minimum absolute atomic E-state index is 0.202. The van der Waals surface area contributed by atoms with Crippen molar-refractivity contribution in [2.45, 2.75) is 11.4 Å². The molecule has 1 aromatic heterocycles. The summed E-state index contributed by atoms with van der Waals surface area (Å²) in [5.74, 6) is 0. The molecule has 4 nitrogen and oxygen atoms in total. The van der Waals surface area contributed by atoms with E-state index < -0.39 is 10.0 Å². The minimum atomic E-state index is -3.53. The summed E-state index contributed by atoms with van der Waals surface area (Å²) in [5, 5.41) is 1.60. The van der Waals surface area contributed by atoms with Crippen molar-refractivity contribution < 1.29 is 8.42 Å². The third-order valence-electron chi connectivity index (χ3n) is 3.21. The highest BCUT2D eigenvalue weighted by atomic mass is 35.5. The predicted octanol–water partition coefficient (Wildman–Crippen LogP) is 3.30. The number of hydrogen-bond acceptors (Lipinski definition) is 2. The second-order valence-electron chi connectivity index (χ2n) is 4.68. The number of aromatic amines is 1. The molecule has 0 amide bonds. The van der Waals surface area contributed by atoms with Crippen LogP contribution < -0.4 is 4.72 Å². The average molecular weight is 321 g/mol. The molecule has 2 aromatic carbocycles. The van der Waals surface area contributed by atoms with Gasteiger partial charge in [-0.1, -0.05) is 23.7 Å². The summed E-state index contributed by atoms with van der Waals surface area (Å²) in [6.07, 6.45) is 1.85. The lowest BCUT2D eigenvalue weighted by Crippen LogP contribution is -2.23. The smallest absolute Gasteiger partial charge is 0.240 e. The van der Waals surface area contributed by atoms with E-state index in [9.17, 15) is 8.42 Å². The van der Waals surface area contributed by atoms with E-state index in [4.69, 9.17) is 11.6 Å². The Balaban J connectivity index is 1.78. The fraction of sp³-hybridized carbons (Fsp3) is 0.0667. The lowest BCUT2D eigenvalue weighted by Gasteiger charge is -2.07. The van der Waals surface area contributed by atoms with Crippen molar-refractivity contribution in [2.75, 3.05) is 0 Å². The number of nitrogens with one attached hydrogen (secondary N) is 2. The van der Waals surface area contributed by atoms with Crippen LogP contribution in [-0.4, -0.2) is 13.4 Å². The fourth-order valence-electron chi connectivity index (χ4n) is 2.08. The molecule has 0 unspecified atom stereocenters. The fourth-order valence-corrected chi connectivity index (χ4v) is 3.22. The summed E-state index contributed by atoms with van der Waals surface area (Å²) in [6.45, 7) is 0.236. The SMILES string of the molecule is O=S(=O)(NCc1ccc2cc[nH]c2c1)c1ccc(Cl)cc1. The van der Waals surface area contributed by atoms with Gasteiger partial charge in [-0.15, -0.1) is 0 Å². The number of halogens is 1. The molecular formula is C15H13ClN2O2S. The van der Waals surface area contributed by atoms with Crippen molar-refractivity contribution in [3.05, 3.63) is 65.3 Å². The van der Waals surface area contributed by atoms with Gasteiger partial charge in [-0.2, -0.15) is 0 Å². The van der Waals surface area contributed by atoms with Gasteiger partial charge in [0.1, 0.15) is 0 Å². The standard InChI is InChI=1S/C15H13ClN2O2S/c16-13-3-5-14(6-4-13)21(19,20)18-10-11-1-2-12-7-8-17-15(12)9-11/h1-9,17-18H,10H2. The van der Waals surface area contributed by atoms with Gasteiger partial charge in [-0.05, 0) is 47.3 Å². The van der Waals surface area contributed by atoms with Crippen LogP contribution in [0.15, 0.2) is 59.6 Å². The number of aromatic nitrogens is 1. The zero-order valence-corrected chi connectivity index (χ0v) is 12.6. The summed E-state index contributed by atoms with van der Waals surface area (Å²) >= 11 is 5.76. The molecule has 0 aliphatic heterocycles. The number of fused-ring (bicyclic) bond motifs is 1. The topological polar surface area (TPSA) is 62.0 Å². The van der Waals surface area contributed by atoms with Crippen LogP contribution in [0.4, 0.5) is 0 Å². The van der Waals surface area contributed by atoms with Gasteiger partial charge in [-0.3, -0.25) is 0 Å². The molecule has 0 bridgehead atoms. The second kappa shape index (κ2) is 5.52. The van der Waals surface area contributed by atoms with Crippen molar-refractivity contribution in [1.82, 2.24) is 9.71 Å². The molecule has 0 saturated heterocycles. The summed E-state index contributed by atoms with van der Waals surface area (Å²) < 4.78 is 26.9. The van der Waals surface area contributed by atoms with Crippen LogP contribution in [0.3, 0.4) is 0 Å². The maximum atomic E-state index is 12.2. The zero-order valence-electron chi connectivity index (χ0n) is 11.0. The van der Waals surface area contributed by atoms with E-state index in [-0.39, 0.29) is 11.4 Å². The molecule has 0 atom stereocenters. The van der Waals surface area contributed by atoms with Crippen molar-refractivity contribution in [1.29, 1.82) is 0 Å². The summed E-state index contributed by atoms with van der Waals surface area (Å²) in [4.78, 5) is 3.30. The highest BCUT2D eigenvalue weighted by molar-refractivity contribution is 7.89. The Morgan fingerprint density at radius 2 is 1.81 bits per heavy atom.